The summed E-state index contributed by atoms with van der Waals surface area (Å²) in [6.45, 7) is 1.43. The molecule has 2 heterocycles. The molecule has 1 amide bonds. The zero-order valence-electron chi connectivity index (χ0n) is 10.6. The topological polar surface area (TPSA) is 79.0 Å². The number of rotatable bonds is 6. The van der Waals surface area contributed by atoms with Gasteiger partial charge in [-0.15, -0.1) is 0 Å². The van der Waals surface area contributed by atoms with Crippen molar-refractivity contribution >= 4 is 5.91 Å². The van der Waals surface area contributed by atoms with Crippen molar-refractivity contribution in [3.05, 3.63) is 18.2 Å². The van der Waals surface area contributed by atoms with Gasteiger partial charge in [-0.05, 0) is 12.8 Å². The van der Waals surface area contributed by atoms with Crippen LogP contribution in [0.1, 0.15) is 18.7 Å². The Balaban J connectivity index is 1.60. The molecule has 0 aromatic carbocycles. The molecule has 0 radical (unpaired) electrons. The molecule has 0 saturated carbocycles. The standard InChI is InChI=1S/C12H20N4O2/c1-18-9-7-10(16-8-9)12(17)15-4-2-3-11-13-5-6-14-11/h5-6,9-10,16H,2-4,7-8H2,1H3,(H,13,14)(H,15,17). The Morgan fingerprint density at radius 1 is 1.67 bits per heavy atom. The fourth-order valence-electron chi connectivity index (χ4n) is 2.11. The molecule has 1 aliphatic heterocycles. The van der Waals surface area contributed by atoms with E-state index in [0.29, 0.717) is 6.54 Å². The molecular formula is C12H20N4O2. The summed E-state index contributed by atoms with van der Waals surface area (Å²) < 4.78 is 5.21. The summed E-state index contributed by atoms with van der Waals surface area (Å²) in [7, 11) is 1.68. The van der Waals surface area contributed by atoms with Crippen LogP contribution in [0.2, 0.25) is 0 Å². The van der Waals surface area contributed by atoms with Crippen molar-refractivity contribution < 1.29 is 9.53 Å². The fourth-order valence-corrected chi connectivity index (χ4v) is 2.11. The molecule has 100 valence electrons. The maximum absolute atomic E-state index is 11.8. The summed E-state index contributed by atoms with van der Waals surface area (Å²) in [5.41, 5.74) is 0. The van der Waals surface area contributed by atoms with E-state index in [2.05, 4.69) is 20.6 Å². The molecule has 3 N–H and O–H groups in total. The average molecular weight is 252 g/mol. The van der Waals surface area contributed by atoms with Crippen molar-refractivity contribution in [2.45, 2.75) is 31.4 Å². The predicted molar refractivity (Wildman–Crippen MR) is 67.1 cm³/mol. The summed E-state index contributed by atoms with van der Waals surface area (Å²) in [4.78, 5) is 19.0. The molecule has 2 atom stereocenters. The minimum Gasteiger partial charge on any atom is -0.380 e. The quantitative estimate of drug-likeness (QED) is 0.614. The highest BCUT2D eigenvalue weighted by Crippen LogP contribution is 2.09. The number of methoxy groups -OCH3 is 1. The molecular weight excluding hydrogens is 232 g/mol. The van der Waals surface area contributed by atoms with Crippen LogP contribution >= 0.6 is 0 Å². The number of aryl methyl sites for hydroxylation is 1. The van der Waals surface area contributed by atoms with E-state index in [-0.39, 0.29) is 18.1 Å². The second-order valence-electron chi connectivity index (χ2n) is 4.48. The lowest BCUT2D eigenvalue weighted by atomic mass is 10.2. The molecule has 1 saturated heterocycles. The first kappa shape index (κ1) is 13.0. The number of H-pyrrole nitrogens is 1. The number of nitrogens with zero attached hydrogens (tertiary/aromatic N) is 1. The van der Waals surface area contributed by atoms with Crippen LogP contribution in [0.15, 0.2) is 12.4 Å². The molecule has 1 fully saturated rings. The number of amides is 1. The predicted octanol–water partition coefficient (Wildman–Crippen LogP) is -0.165. The Morgan fingerprint density at radius 2 is 2.56 bits per heavy atom. The van der Waals surface area contributed by atoms with Crippen molar-refractivity contribution in [1.82, 2.24) is 20.6 Å². The number of hydrogen-bond acceptors (Lipinski definition) is 4. The molecule has 2 rings (SSSR count). The lowest BCUT2D eigenvalue weighted by Crippen LogP contribution is -2.40. The fraction of sp³-hybridized carbons (Fsp3) is 0.667. The van der Waals surface area contributed by atoms with Gasteiger partial charge in [0, 0.05) is 39.0 Å². The zero-order chi connectivity index (χ0) is 12.8. The summed E-state index contributed by atoms with van der Waals surface area (Å²) in [6.07, 6.45) is 6.19. The van der Waals surface area contributed by atoms with E-state index in [0.717, 1.165) is 31.6 Å². The highest BCUT2D eigenvalue weighted by molar-refractivity contribution is 5.82. The summed E-state index contributed by atoms with van der Waals surface area (Å²) in [5, 5.41) is 6.09. The van der Waals surface area contributed by atoms with Gasteiger partial charge in [0.05, 0.1) is 12.1 Å². The minimum absolute atomic E-state index is 0.0639. The van der Waals surface area contributed by atoms with Crippen molar-refractivity contribution in [3.63, 3.8) is 0 Å². The smallest absolute Gasteiger partial charge is 0.237 e. The third-order valence-corrected chi connectivity index (χ3v) is 3.18. The van der Waals surface area contributed by atoms with Crippen molar-refractivity contribution in [2.75, 3.05) is 20.2 Å². The van der Waals surface area contributed by atoms with Gasteiger partial charge in [0.1, 0.15) is 5.82 Å². The molecule has 2 unspecified atom stereocenters. The third-order valence-electron chi connectivity index (χ3n) is 3.18. The summed E-state index contributed by atoms with van der Waals surface area (Å²) in [5.74, 6) is 1.02. The van der Waals surface area contributed by atoms with Gasteiger partial charge in [-0.3, -0.25) is 4.79 Å². The van der Waals surface area contributed by atoms with E-state index in [1.54, 1.807) is 19.5 Å². The van der Waals surface area contributed by atoms with E-state index in [1.165, 1.54) is 0 Å². The number of hydrogen-bond donors (Lipinski definition) is 3. The first-order chi connectivity index (χ1) is 8.79. The van der Waals surface area contributed by atoms with Crippen LogP contribution in [0.5, 0.6) is 0 Å². The van der Waals surface area contributed by atoms with E-state index >= 15 is 0 Å². The molecule has 0 bridgehead atoms. The van der Waals surface area contributed by atoms with Gasteiger partial charge < -0.3 is 20.4 Å². The number of nitrogens with one attached hydrogen (secondary N) is 3. The Kier molecular flexibility index (Phi) is 4.72. The van der Waals surface area contributed by atoms with Crippen LogP contribution in [0, 0.1) is 0 Å². The van der Waals surface area contributed by atoms with Crippen LogP contribution in [0.25, 0.3) is 0 Å². The third kappa shape index (κ3) is 3.54. The van der Waals surface area contributed by atoms with E-state index < -0.39 is 0 Å². The summed E-state index contributed by atoms with van der Waals surface area (Å²) in [6, 6.07) is -0.112. The molecule has 18 heavy (non-hydrogen) atoms. The highest BCUT2D eigenvalue weighted by atomic mass is 16.5. The Labute approximate surface area is 107 Å². The number of carbonyl (C=O) groups excluding carboxylic acids is 1. The number of carbonyl (C=O) groups is 1. The largest absolute Gasteiger partial charge is 0.380 e. The maximum Gasteiger partial charge on any atom is 0.237 e. The van der Waals surface area contributed by atoms with Crippen LogP contribution < -0.4 is 10.6 Å². The van der Waals surface area contributed by atoms with E-state index in [9.17, 15) is 4.79 Å². The molecule has 1 aromatic rings. The van der Waals surface area contributed by atoms with Crippen LogP contribution in [0.3, 0.4) is 0 Å². The van der Waals surface area contributed by atoms with Crippen LogP contribution in [-0.2, 0) is 16.0 Å². The summed E-state index contributed by atoms with van der Waals surface area (Å²) >= 11 is 0. The van der Waals surface area contributed by atoms with Gasteiger partial charge in [-0.1, -0.05) is 0 Å². The number of aromatic nitrogens is 2. The Morgan fingerprint density at radius 3 is 3.22 bits per heavy atom. The lowest BCUT2D eigenvalue weighted by molar-refractivity contribution is -0.122. The van der Waals surface area contributed by atoms with Gasteiger partial charge in [-0.25, -0.2) is 4.98 Å². The first-order valence-corrected chi connectivity index (χ1v) is 6.31. The SMILES string of the molecule is COC1CNC(C(=O)NCCCc2ncc[nH]2)C1. The van der Waals surface area contributed by atoms with Gasteiger partial charge in [0.2, 0.25) is 5.91 Å². The van der Waals surface area contributed by atoms with Gasteiger partial charge in [0.15, 0.2) is 0 Å². The van der Waals surface area contributed by atoms with E-state index in [4.69, 9.17) is 4.74 Å². The zero-order valence-corrected chi connectivity index (χ0v) is 10.6. The second kappa shape index (κ2) is 6.51. The number of ether oxygens (including phenoxy) is 1. The van der Waals surface area contributed by atoms with Gasteiger partial charge >= 0.3 is 0 Å². The second-order valence-corrected chi connectivity index (χ2v) is 4.48. The number of aromatic amines is 1. The highest BCUT2D eigenvalue weighted by Gasteiger charge is 2.28. The van der Waals surface area contributed by atoms with Crippen molar-refractivity contribution in [3.8, 4) is 0 Å². The molecule has 6 nitrogen and oxygen atoms in total. The number of imidazole rings is 1. The van der Waals surface area contributed by atoms with Crippen LogP contribution in [-0.4, -0.2) is 48.2 Å². The minimum atomic E-state index is -0.112. The van der Waals surface area contributed by atoms with Crippen molar-refractivity contribution in [2.24, 2.45) is 0 Å². The average Bonchev–Trinajstić information content (AvgIpc) is 3.05. The lowest BCUT2D eigenvalue weighted by Gasteiger charge is -2.10. The van der Waals surface area contributed by atoms with Gasteiger partial charge in [0.25, 0.3) is 0 Å². The Hall–Kier alpha value is -1.40. The molecule has 1 aliphatic rings. The first-order valence-electron chi connectivity index (χ1n) is 6.31. The molecule has 0 aliphatic carbocycles. The monoisotopic (exact) mass is 252 g/mol. The van der Waals surface area contributed by atoms with Crippen LogP contribution in [0.4, 0.5) is 0 Å². The van der Waals surface area contributed by atoms with Crippen molar-refractivity contribution in [1.29, 1.82) is 0 Å². The normalized spacial score (nSPS) is 23.2. The molecule has 1 aromatic heterocycles. The molecule has 6 heteroatoms. The molecule has 0 spiro atoms. The van der Waals surface area contributed by atoms with Gasteiger partial charge in [-0.2, -0.15) is 0 Å². The Bertz CT molecular complexity index is 366. The van der Waals surface area contributed by atoms with E-state index in [1.807, 2.05) is 0 Å². The maximum atomic E-state index is 11.8.